The average molecular weight is 505 g/mol. The molecule has 0 spiro atoms. The lowest BCUT2D eigenvalue weighted by Gasteiger charge is -2.39. The molecule has 1 unspecified atom stereocenters. The molecule has 7 N–H and O–H groups in total. The molecule has 0 radical (unpaired) electrons. The van der Waals surface area contributed by atoms with Crippen molar-refractivity contribution in [3.8, 4) is 11.5 Å². The van der Waals surface area contributed by atoms with Crippen molar-refractivity contribution < 1.29 is 57.0 Å². The van der Waals surface area contributed by atoms with Crippen molar-refractivity contribution >= 4 is 30.9 Å². The number of hydrogen-bond donors (Lipinski definition) is 5. The van der Waals surface area contributed by atoms with Gasteiger partial charge in [-0.15, -0.1) is 0 Å². The molecule has 2 aliphatic heterocycles. The summed E-state index contributed by atoms with van der Waals surface area (Å²) in [5, 5.41) is 26.4. The van der Waals surface area contributed by atoms with Crippen molar-refractivity contribution in [1.29, 1.82) is 0 Å². The first-order chi connectivity index (χ1) is 16.2. The summed E-state index contributed by atoms with van der Waals surface area (Å²) in [7, 11) is -1.05. The molecule has 12 nitrogen and oxygen atoms in total. The highest BCUT2D eigenvalue weighted by Gasteiger charge is 2.38. The summed E-state index contributed by atoms with van der Waals surface area (Å²) >= 11 is 0. The molecule has 0 aliphatic carbocycles. The van der Waals surface area contributed by atoms with Crippen LogP contribution in [0.15, 0.2) is 12.1 Å². The quantitative estimate of drug-likeness (QED) is 0.304. The van der Waals surface area contributed by atoms with Crippen molar-refractivity contribution in [2.75, 3.05) is 13.1 Å². The second kappa shape index (κ2) is 11.3. The number of benzene rings is 1. The molecule has 1 atom stereocenters. The zero-order valence-electron chi connectivity index (χ0n) is 18.2. The van der Waals surface area contributed by atoms with E-state index in [1.165, 1.54) is 4.90 Å². The van der Waals surface area contributed by atoms with Crippen LogP contribution in [0.5, 0.6) is 11.5 Å². The monoisotopic (exact) mass is 505 g/mol. The number of halogens is 3. The SMILES string of the molecule is NC(=O)C(N)CCC(=O)N1CC(Oc2ccc3c(c2C(=O)O)OB(O)CC3)C1.O=C(O)C(F)(F)F. The summed E-state index contributed by atoms with van der Waals surface area (Å²) in [4.78, 5) is 45.1. The molecular weight excluding hydrogens is 482 g/mol. The van der Waals surface area contributed by atoms with Crippen molar-refractivity contribution in [3.05, 3.63) is 23.3 Å². The number of amides is 2. The van der Waals surface area contributed by atoms with Crippen LogP contribution in [0.25, 0.3) is 0 Å². The summed E-state index contributed by atoms with van der Waals surface area (Å²) in [6, 6.07) is 2.43. The van der Waals surface area contributed by atoms with Crippen molar-refractivity contribution in [2.45, 2.75) is 43.9 Å². The average Bonchev–Trinajstić information content (AvgIpc) is 2.72. The maximum Gasteiger partial charge on any atom is 0.522 e. The van der Waals surface area contributed by atoms with Gasteiger partial charge < -0.3 is 41.0 Å². The Balaban J connectivity index is 0.000000540. The molecular formula is C19H23BF3N3O9. The fourth-order valence-electron chi connectivity index (χ4n) is 3.19. The van der Waals surface area contributed by atoms with Gasteiger partial charge >= 0.3 is 25.2 Å². The molecule has 16 heteroatoms. The van der Waals surface area contributed by atoms with E-state index in [2.05, 4.69) is 0 Å². The number of alkyl halides is 3. The zero-order chi connectivity index (χ0) is 26.5. The van der Waals surface area contributed by atoms with Gasteiger partial charge in [0.05, 0.1) is 19.1 Å². The van der Waals surface area contributed by atoms with Crippen LogP contribution < -0.4 is 20.9 Å². The lowest BCUT2D eigenvalue weighted by molar-refractivity contribution is -0.192. The molecule has 1 fully saturated rings. The van der Waals surface area contributed by atoms with Crippen LogP contribution in [0.1, 0.15) is 28.8 Å². The molecule has 2 amide bonds. The standard InChI is InChI=1S/C17H22BN3O7.C2HF3O2/c19-11(16(20)23)2-4-13(22)21-7-10(8-21)27-12-3-1-9-5-6-18(26)28-15(9)14(12)17(24)25;3-2(4,5)1(6)7/h1,3,10-11,26H,2,4-8,19H2,(H2,20,23)(H,24,25);(H,6,7). The van der Waals surface area contributed by atoms with E-state index < -0.39 is 37.2 Å². The van der Waals surface area contributed by atoms with E-state index in [-0.39, 0.29) is 41.9 Å². The van der Waals surface area contributed by atoms with Crippen molar-refractivity contribution in [3.63, 3.8) is 0 Å². The Labute approximate surface area is 196 Å². The van der Waals surface area contributed by atoms with Gasteiger partial charge in [0, 0.05) is 6.42 Å². The third-order valence-electron chi connectivity index (χ3n) is 5.10. The van der Waals surface area contributed by atoms with E-state index in [0.29, 0.717) is 31.4 Å². The number of carboxylic acid groups (broad SMARTS) is 2. The molecule has 0 bridgehead atoms. The van der Waals surface area contributed by atoms with Gasteiger partial charge in [-0.3, -0.25) is 9.59 Å². The van der Waals surface area contributed by atoms with E-state index in [9.17, 15) is 37.7 Å². The van der Waals surface area contributed by atoms with E-state index in [1.807, 2.05) is 0 Å². The van der Waals surface area contributed by atoms with Crippen molar-refractivity contribution in [2.24, 2.45) is 11.5 Å². The van der Waals surface area contributed by atoms with Gasteiger partial charge in [-0.2, -0.15) is 13.2 Å². The molecule has 35 heavy (non-hydrogen) atoms. The Morgan fingerprint density at radius 3 is 2.34 bits per heavy atom. The minimum atomic E-state index is -5.08. The maximum absolute atomic E-state index is 12.1. The summed E-state index contributed by atoms with van der Waals surface area (Å²) in [5.41, 5.74) is 11.1. The lowest BCUT2D eigenvalue weighted by atomic mass is 9.78. The summed E-state index contributed by atoms with van der Waals surface area (Å²) in [6.45, 7) is 0.592. The number of hydrogen-bond acceptors (Lipinski definition) is 8. The second-order valence-corrected chi connectivity index (χ2v) is 7.73. The third-order valence-corrected chi connectivity index (χ3v) is 5.10. The van der Waals surface area contributed by atoms with Gasteiger partial charge in [-0.05, 0) is 30.8 Å². The van der Waals surface area contributed by atoms with Gasteiger partial charge in [0.15, 0.2) is 0 Å². The van der Waals surface area contributed by atoms with Crippen LogP contribution in [0.2, 0.25) is 6.32 Å². The number of carboxylic acids is 2. The Morgan fingerprint density at radius 2 is 1.83 bits per heavy atom. The maximum atomic E-state index is 12.1. The zero-order valence-corrected chi connectivity index (χ0v) is 18.2. The smallest absolute Gasteiger partial charge is 0.522 e. The molecule has 0 saturated carbocycles. The fourth-order valence-corrected chi connectivity index (χ4v) is 3.19. The minimum absolute atomic E-state index is 0.0990. The second-order valence-electron chi connectivity index (χ2n) is 7.73. The normalized spacial score (nSPS) is 16.0. The van der Waals surface area contributed by atoms with Crippen molar-refractivity contribution in [1.82, 2.24) is 4.90 Å². The van der Waals surface area contributed by atoms with Crippen LogP contribution in [0.4, 0.5) is 13.2 Å². The number of fused-ring (bicyclic) bond motifs is 1. The van der Waals surface area contributed by atoms with E-state index >= 15 is 0 Å². The number of ether oxygens (including phenoxy) is 1. The molecule has 1 saturated heterocycles. The van der Waals surface area contributed by atoms with Gasteiger partial charge in [-0.25, -0.2) is 9.59 Å². The Hall–Kier alpha value is -3.53. The highest BCUT2D eigenvalue weighted by atomic mass is 19.4. The van der Waals surface area contributed by atoms with Gasteiger partial charge in [0.25, 0.3) is 0 Å². The number of aryl methyl sites for hydroxylation is 1. The Bertz CT molecular complexity index is 986. The topological polar surface area (TPSA) is 203 Å². The first-order valence-electron chi connectivity index (χ1n) is 10.2. The minimum Gasteiger partial charge on any atom is -0.535 e. The number of aromatic carboxylic acids is 1. The summed E-state index contributed by atoms with van der Waals surface area (Å²) < 4.78 is 42.8. The number of aliphatic carboxylic acids is 1. The van der Waals surface area contributed by atoms with E-state index in [4.69, 9.17) is 30.8 Å². The molecule has 1 aromatic carbocycles. The first kappa shape index (κ1) is 27.7. The third kappa shape index (κ3) is 7.48. The predicted molar refractivity (Wildman–Crippen MR) is 112 cm³/mol. The molecule has 0 aromatic heterocycles. The largest absolute Gasteiger partial charge is 0.535 e. The number of primary amides is 1. The molecule has 2 aliphatic rings. The number of rotatable bonds is 7. The summed E-state index contributed by atoms with van der Waals surface area (Å²) in [6.07, 6.45) is -4.27. The lowest BCUT2D eigenvalue weighted by Crippen LogP contribution is -2.56. The Kier molecular flexibility index (Phi) is 8.92. The number of nitrogens with two attached hydrogens (primary N) is 2. The Morgan fingerprint density at radius 1 is 1.23 bits per heavy atom. The number of nitrogens with zero attached hydrogens (tertiary/aromatic N) is 1. The number of carbonyl (C=O) groups is 4. The van der Waals surface area contributed by atoms with E-state index in [0.717, 1.165) is 0 Å². The van der Waals surface area contributed by atoms with Crippen LogP contribution in [0.3, 0.4) is 0 Å². The van der Waals surface area contributed by atoms with Crippen LogP contribution in [-0.4, -0.2) is 82.4 Å². The van der Waals surface area contributed by atoms with Gasteiger partial charge in [0.2, 0.25) is 11.8 Å². The molecule has 1 aromatic rings. The summed E-state index contributed by atoms with van der Waals surface area (Å²) in [5.74, 6) is -4.55. The van der Waals surface area contributed by atoms with Gasteiger partial charge in [-0.1, -0.05) is 6.07 Å². The van der Waals surface area contributed by atoms with Crippen LogP contribution in [-0.2, 0) is 20.8 Å². The van der Waals surface area contributed by atoms with Crippen LogP contribution in [0, 0.1) is 0 Å². The molecule has 2 heterocycles. The number of likely N-dealkylation sites (tertiary alicyclic amines) is 1. The van der Waals surface area contributed by atoms with Gasteiger partial charge in [0.1, 0.15) is 23.2 Å². The highest BCUT2D eigenvalue weighted by Crippen LogP contribution is 2.37. The molecule has 192 valence electrons. The predicted octanol–water partition coefficient (Wildman–Crippen LogP) is -0.384. The van der Waals surface area contributed by atoms with Crippen LogP contribution >= 0.6 is 0 Å². The first-order valence-corrected chi connectivity index (χ1v) is 10.2. The van der Waals surface area contributed by atoms with E-state index in [1.54, 1.807) is 12.1 Å². The molecule has 3 rings (SSSR count). The highest BCUT2D eigenvalue weighted by molar-refractivity contribution is 6.44. The number of carbonyl (C=O) groups excluding carboxylic acids is 2. The fraction of sp³-hybridized carbons (Fsp3) is 0.474.